The van der Waals surface area contributed by atoms with Crippen LogP contribution in [0.3, 0.4) is 0 Å². The summed E-state index contributed by atoms with van der Waals surface area (Å²) in [6, 6.07) is 23.2. The highest BCUT2D eigenvalue weighted by molar-refractivity contribution is 6.30. The van der Waals surface area contributed by atoms with Gasteiger partial charge in [0.05, 0.1) is 0 Å². The Morgan fingerprint density at radius 1 is 1.00 bits per heavy atom. The average molecular weight is 557 g/mol. The number of carboxylic acid groups (broad SMARTS) is 1. The minimum Gasteiger partial charge on any atom is -0.474 e. The van der Waals surface area contributed by atoms with Crippen molar-refractivity contribution in [2.24, 2.45) is 0 Å². The number of carbonyl (C=O) groups is 2. The second kappa shape index (κ2) is 11.7. The van der Waals surface area contributed by atoms with Crippen LogP contribution >= 0.6 is 11.6 Å². The Kier molecular flexibility index (Phi) is 7.87. The van der Waals surface area contributed by atoms with Crippen molar-refractivity contribution in [3.63, 3.8) is 0 Å². The summed E-state index contributed by atoms with van der Waals surface area (Å²) in [5.74, 6) is 4.57. The number of carboxylic acids is 1. The summed E-state index contributed by atoms with van der Waals surface area (Å²) in [7, 11) is 0. The van der Waals surface area contributed by atoms with E-state index in [1.54, 1.807) is 42.5 Å². The van der Waals surface area contributed by atoms with E-state index in [1.807, 2.05) is 36.4 Å². The van der Waals surface area contributed by atoms with Gasteiger partial charge in [0.25, 0.3) is 5.91 Å². The van der Waals surface area contributed by atoms with Crippen molar-refractivity contribution in [3.8, 4) is 11.8 Å². The monoisotopic (exact) mass is 556 g/mol. The molecule has 0 spiro atoms. The molecular weight excluding hydrogens is 532 g/mol. The Morgan fingerprint density at radius 2 is 1.77 bits per heavy atom. The molecule has 9 heteroatoms. The highest BCUT2D eigenvalue weighted by atomic mass is 35.5. The number of hydrogen-bond donors (Lipinski definition) is 3. The maximum absolute atomic E-state index is 12.6. The van der Waals surface area contributed by atoms with E-state index in [1.165, 1.54) is 0 Å². The van der Waals surface area contributed by atoms with Gasteiger partial charge in [-0.25, -0.2) is 9.78 Å². The fourth-order valence-electron chi connectivity index (χ4n) is 4.56. The Morgan fingerprint density at radius 3 is 2.52 bits per heavy atom. The van der Waals surface area contributed by atoms with Crippen LogP contribution in [0.1, 0.15) is 52.5 Å². The van der Waals surface area contributed by atoms with Gasteiger partial charge in [0.15, 0.2) is 11.3 Å². The molecule has 3 N–H and O–H groups in total. The molecule has 0 unspecified atom stereocenters. The number of para-hydroxylation sites is 3. The zero-order chi connectivity index (χ0) is 28.1. The van der Waals surface area contributed by atoms with Gasteiger partial charge in [-0.2, -0.15) is 0 Å². The first kappa shape index (κ1) is 27.0. The predicted octanol–water partition coefficient (Wildman–Crippen LogP) is 6.07. The van der Waals surface area contributed by atoms with Crippen molar-refractivity contribution in [2.75, 3.05) is 0 Å². The Bertz CT molecular complexity index is 1680. The largest absolute Gasteiger partial charge is 0.474 e. The van der Waals surface area contributed by atoms with E-state index in [0.29, 0.717) is 34.5 Å². The van der Waals surface area contributed by atoms with E-state index in [0.717, 1.165) is 23.8 Å². The van der Waals surface area contributed by atoms with Crippen LogP contribution < -0.4 is 5.32 Å². The summed E-state index contributed by atoms with van der Waals surface area (Å²) in [4.78, 5) is 26.7. The quantitative estimate of drug-likeness (QED) is 0.230. The van der Waals surface area contributed by atoms with Gasteiger partial charge in [-0.15, -0.1) is 0 Å². The average Bonchev–Trinajstić information content (AvgIpc) is 3.58. The fraction of sp³-hybridized carbons (Fsp3) is 0.194. The molecule has 5 aromatic rings. The molecule has 202 valence electrons. The lowest BCUT2D eigenvalue weighted by atomic mass is 9.82. The number of carbonyl (C=O) groups excluding carboxylic acids is 1. The van der Waals surface area contributed by atoms with E-state index < -0.39 is 11.6 Å². The van der Waals surface area contributed by atoms with Crippen LogP contribution in [0.2, 0.25) is 5.02 Å². The number of halogens is 1. The molecule has 0 aliphatic heterocycles. The minimum atomic E-state index is -1.15. The standard InChI is InChI=1S/C23H20ClNO3.C8H5NO3/c24-18-7-3-5-16(13-18)10-12-23(27)11-4-8-19(15-23)25-22(26)21-14-17-6-1-2-9-20(17)28-21;10-8(11)7-9-5-3-1-2-4-6(5)12-7/h1-3,5-7,9,13-14,19,27H,4,8,11,15H2,(H,25,26);1-4H,(H,10,11)/t19-,23+;/m1./s1. The van der Waals surface area contributed by atoms with Crippen LogP contribution in [-0.4, -0.2) is 38.7 Å². The van der Waals surface area contributed by atoms with Crippen LogP contribution in [0, 0.1) is 11.8 Å². The first-order chi connectivity index (χ1) is 19.3. The fourth-order valence-corrected chi connectivity index (χ4v) is 4.75. The number of rotatable bonds is 3. The smallest absolute Gasteiger partial charge is 0.392 e. The van der Waals surface area contributed by atoms with Crippen LogP contribution in [0.5, 0.6) is 0 Å². The first-order valence-electron chi connectivity index (χ1n) is 12.7. The molecule has 3 aromatic carbocycles. The number of aromatic nitrogens is 1. The molecule has 1 aliphatic rings. The Balaban J connectivity index is 0.000000223. The number of hydrogen-bond acceptors (Lipinski definition) is 6. The zero-order valence-electron chi connectivity index (χ0n) is 21.3. The van der Waals surface area contributed by atoms with Gasteiger partial charge in [0, 0.05) is 28.4 Å². The SMILES string of the molecule is O=C(N[C@@H]1CCC[C@](O)(C#Cc2cccc(Cl)c2)C1)c1cc2ccccc2o1.O=C(O)c1nc2ccccc2o1. The lowest BCUT2D eigenvalue weighted by molar-refractivity contribution is 0.0447. The number of amides is 1. The lowest BCUT2D eigenvalue weighted by Crippen LogP contribution is -2.45. The second-order valence-electron chi connectivity index (χ2n) is 9.50. The number of nitrogens with one attached hydrogen (secondary N) is 1. The number of aliphatic hydroxyl groups is 1. The van der Waals surface area contributed by atoms with Gasteiger partial charge < -0.3 is 24.4 Å². The third kappa shape index (κ3) is 6.52. The summed E-state index contributed by atoms with van der Waals surface area (Å²) in [5.41, 5.74) is 1.37. The number of aromatic carboxylic acids is 1. The lowest BCUT2D eigenvalue weighted by Gasteiger charge is -2.33. The highest BCUT2D eigenvalue weighted by Gasteiger charge is 2.34. The number of nitrogens with zero attached hydrogens (tertiary/aromatic N) is 1. The maximum atomic E-state index is 12.6. The summed E-state index contributed by atoms with van der Waals surface area (Å²) >= 11 is 5.98. The van der Waals surface area contributed by atoms with Crippen LogP contribution in [0.4, 0.5) is 0 Å². The minimum absolute atomic E-state index is 0.159. The summed E-state index contributed by atoms with van der Waals surface area (Å²) in [6.07, 6.45) is 2.54. The van der Waals surface area contributed by atoms with E-state index in [-0.39, 0.29) is 23.6 Å². The second-order valence-corrected chi connectivity index (χ2v) is 9.94. The Labute approximate surface area is 234 Å². The number of furan rings is 1. The normalized spacial score (nSPS) is 18.3. The van der Waals surface area contributed by atoms with Gasteiger partial charge in [-0.3, -0.25) is 4.79 Å². The van der Waals surface area contributed by atoms with Crippen molar-refractivity contribution >= 4 is 45.5 Å². The van der Waals surface area contributed by atoms with Gasteiger partial charge >= 0.3 is 11.9 Å². The third-order valence-electron chi connectivity index (χ3n) is 6.45. The molecule has 2 heterocycles. The van der Waals surface area contributed by atoms with Crippen molar-refractivity contribution in [2.45, 2.75) is 37.3 Å². The molecule has 1 fully saturated rings. The van der Waals surface area contributed by atoms with Gasteiger partial charge in [-0.05, 0) is 61.7 Å². The van der Waals surface area contributed by atoms with Gasteiger partial charge in [0.1, 0.15) is 16.7 Å². The molecule has 40 heavy (non-hydrogen) atoms. The molecule has 2 aromatic heterocycles. The third-order valence-corrected chi connectivity index (χ3v) is 6.69. The van der Waals surface area contributed by atoms with Crippen molar-refractivity contribution in [1.29, 1.82) is 0 Å². The summed E-state index contributed by atoms with van der Waals surface area (Å²) < 4.78 is 10.5. The van der Waals surface area contributed by atoms with E-state index in [9.17, 15) is 14.7 Å². The van der Waals surface area contributed by atoms with Crippen LogP contribution in [0.25, 0.3) is 22.1 Å². The molecule has 6 rings (SSSR count). The number of fused-ring (bicyclic) bond motifs is 2. The number of benzene rings is 3. The molecular formula is C31H25ClN2O6. The summed E-state index contributed by atoms with van der Waals surface area (Å²) in [6.45, 7) is 0. The van der Waals surface area contributed by atoms with E-state index >= 15 is 0 Å². The first-order valence-corrected chi connectivity index (χ1v) is 13.1. The topological polar surface area (TPSA) is 126 Å². The maximum Gasteiger partial charge on any atom is 0.392 e. The number of oxazole rings is 1. The molecule has 2 atom stereocenters. The van der Waals surface area contributed by atoms with Gasteiger partial charge in [-0.1, -0.05) is 59.8 Å². The molecule has 0 saturated heterocycles. The predicted molar refractivity (Wildman–Crippen MR) is 150 cm³/mol. The van der Waals surface area contributed by atoms with Crippen molar-refractivity contribution in [1.82, 2.24) is 10.3 Å². The Hall–Kier alpha value is -4.58. The summed E-state index contributed by atoms with van der Waals surface area (Å²) in [5, 5.41) is 23.9. The molecule has 1 aliphatic carbocycles. The highest BCUT2D eigenvalue weighted by Crippen LogP contribution is 2.29. The van der Waals surface area contributed by atoms with Crippen LogP contribution in [0.15, 0.2) is 87.7 Å². The van der Waals surface area contributed by atoms with Crippen molar-refractivity contribution < 1.29 is 28.6 Å². The van der Waals surface area contributed by atoms with Gasteiger partial charge in [0.2, 0.25) is 0 Å². The molecule has 1 saturated carbocycles. The molecule has 1 amide bonds. The molecule has 8 nitrogen and oxygen atoms in total. The van der Waals surface area contributed by atoms with Crippen LogP contribution in [-0.2, 0) is 0 Å². The van der Waals surface area contributed by atoms with E-state index in [2.05, 4.69) is 22.1 Å². The van der Waals surface area contributed by atoms with E-state index in [4.69, 9.17) is 25.5 Å². The van der Waals surface area contributed by atoms with Crippen molar-refractivity contribution in [3.05, 3.63) is 101 Å². The zero-order valence-corrected chi connectivity index (χ0v) is 22.0. The molecule has 0 bridgehead atoms. The molecule has 0 radical (unpaired) electrons.